The SMILES string of the molecule is CN1C=CN(CCCCc2ccc3ccc4cccc5ccc2c3c45)C1. The Hall–Kier alpha value is -2.74. The molecule has 130 valence electrons. The molecule has 0 fully saturated rings. The van der Waals surface area contributed by atoms with Crippen LogP contribution in [-0.2, 0) is 6.42 Å². The Morgan fingerprint density at radius 1 is 0.769 bits per heavy atom. The van der Waals surface area contributed by atoms with Gasteiger partial charge in [0.05, 0.1) is 6.67 Å². The molecule has 0 saturated heterocycles. The molecule has 0 aromatic heterocycles. The van der Waals surface area contributed by atoms with E-state index in [4.69, 9.17) is 0 Å². The van der Waals surface area contributed by atoms with Gasteiger partial charge in [-0.05, 0) is 57.1 Å². The third-order valence-electron chi connectivity index (χ3n) is 5.70. The Balaban J connectivity index is 1.42. The van der Waals surface area contributed by atoms with Crippen LogP contribution >= 0.6 is 0 Å². The summed E-state index contributed by atoms with van der Waals surface area (Å²) >= 11 is 0. The van der Waals surface area contributed by atoms with Gasteiger partial charge in [0.2, 0.25) is 0 Å². The number of aryl methyl sites for hydroxylation is 1. The standard InChI is InChI=1S/C24H24N2/c1-25-15-16-26(17-25)14-3-2-5-18-8-9-21-11-10-19-6-4-7-20-12-13-22(18)24(21)23(19)20/h4,6-13,15-16H,2-3,5,14,17H2,1H3. The van der Waals surface area contributed by atoms with E-state index in [1.165, 1.54) is 50.7 Å². The first-order valence-electron chi connectivity index (χ1n) is 9.58. The normalized spacial score (nSPS) is 14.5. The second kappa shape index (κ2) is 6.21. The first-order chi connectivity index (χ1) is 12.8. The van der Waals surface area contributed by atoms with Crippen LogP contribution in [0.15, 0.2) is 67.0 Å². The monoisotopic (exact) mass is 340 g/mol. The van der Waals surface area contributed by atoms with E-state index in [0.717, 1.165) is 19.6 Å². The molecule has 0 spiro atoms. The maximum absolute atomic E-state index is 2.39. The van der Waals surface area contributed by atoms with Crippen molar-refractivity contribution in [2.45, 2.75) is 19.3 Å². The second-order valence-corrected chi connectivity index (χ2v) is 7.55. The van der Waals surface area contributed by atoms with Gasteiger partial charge in [-0.1, -0.05) is 54.6 Å². The van der Waals surface area contributed by atoms with Crippen LogP contribution in [0.3, 0.4) is 0 Å². The topological polar surface area (TPSA) is 6.48 Å². The molecule has 2 nitrogen and oxygen atoms in total. The Morgan fingerprint density at radius 3 is 2.27 bits per heavy atom. The zero-order valence-corrected chi connectivity index (χ0v) is 15.3. The largest absolute Gasteiger partial charge is 0.362 e. The van der Waals surface area contributed by atoms with Gasteiger partial charge in [-0.3, -0.25) is 0 Å². The molecule has 0 saturated carbocycles. The van der Waals surface area contributed by atoms with Crippen LogP contribution < -0.4 is 0 Å². The number of benzene rings is 4. The smallest absolute Gasteiger partial charge is 0.0890 e. The highest BCUT2D eigenvalue weighted by Gasteiger charge is 2.11. The van der Waals surface area contributed by atoms with Crippen LogP contribution in [0.25, 0.3) is 32.3 Å². The highest BCUT2D eigenvalue weighted by Crippen LogP contribution is 2.36. The summed E-state index contributed by atoms with van der Waals surface area (Å²) < 4.78 is 0. The van der Waals surface area contributed by atoms with Gasteiger partial charge < -0.3 is 9.80 Å². The molecule has 0 atom stereocenters. The van der Waals surface area contributed by atoms with Crippen molar-refractivity contribution in [1.29, 1.82) is 0 Å². The van der Waals surface area contributed by atoms with Gasteiger partial charge in [0.25, 0.3) is 0 Å². The Morgan fingerprint density at radius 2 is 1.50 bits per heavy atom. The molecule has 0 unspecified atom stereocenters. The summed E-state index contributed by atoms with van der Waals surface area (Å²) in [5.74, 6) is 0. The highest BCUT2D eigenvalue weighted by molar-refractivity contribution is 6.23. The number of hydrogen-bond acceptors (Lipinski definition) is 2. The quantitative estimate of drug-likeness (QED) is 0.345. The van der Waals surface area contributed by atoms with Crippen molar-refractivity contribution in [3.05, 3.63) is 72.6 Å². The van der Waals surface area contributed by atoms with E-state index in [2.05, 4.69) is 83.8 Å². The molecule has 1 aliphatic heterocycles. The van der Waals surface area contributed by atoms with Gasteiger partial charge in [0.1, 0.15) is 0 Å². The molecule has 0 amide bonds. The minimum atomic E-state index is 1.03. The molecule has 0 N–H and O–H groups in total. The summed E-state index contributed by atoms with van der Waals surface area (Å²) in [5, 5.41) is 8.37. The Kier molecular flexibility index (Phi) is 3.70. The average Bonchev–Trinajstić information content (AvgIpc) is 3.09. The van der Waals surface area contributed by atoms with Crippen LogP contribution in [-0.4, -0.2) is 30.1 Å². The van der Waals surface area contributed by atoms with E-state index < -0.39 is 0 Å². The fraction of sp³-hybridized carbons (Fsp3) is 0.250. The fourth-order valence-electron chi connectivity index (χ4n) is 4.38. The summed E-state index contributed by atoms with van der Waals surface area (Å²) in [6.45, 7) is 2.17. The van der Waals surface area contributed by atoms with E-state index >= 15 is 0 Å². The summed E-state index contributed by atoms with van der Waals surface area (Å²) in [5.41, 5.74) is 1.49. The van der Waals surface area contributed by atoms with Crippen molar-refractivity contribution < 1.29 is 0 Å². The van der Waals surface area contributed by atoms with Crippen LogP contribution in [0.4, 0.5) is 0 Å². The van der Waals surface area contributed by atoms with E-state index in [1.54, 1.807) is 0 Å². The van der Waals surface area contributed by atoms with E-state index in [0.29, 0.717) is 0 Å². The van der Waals surface area contributed by atoms with Crippen molar-refractivity contribution >= 4 is 32.3 Å². The number of unbranched alkanes of at least 4 members (excludes halogenated alkanes) is 1. The van der Waals surface area contributed by atoms with Gasteiger partial charge >= 0.3 is 0 Å². The lowest BCUT2D eigenvalue weighted by Crippen LogP contribution is -2.23. The maximum atomic E-state index is 2.39. The van der Waals surface area contributed by atoms with Gasteiger partial charge in [0, 0.05) is 26.0 Å². The molecule has 1 heterocycles. The molecule has 0 radical (unpaired) electrons. The molecule has 0 aliphatic carbocycles. The van der Waals surface area contributed by atoms with Crippen molar-refractivity contribution in [3.8, 4) is 0 Å². The lowest BCUT2D eigenvalue weighted by Gasteiger charge is -2.18. The van der Waals surface area contributed by atoms with Crippen LogP contribution in [0.2, 0.25) is 0 Å². The second-order valence-electron chi connectivity index (χ2n) is 7.55. The summed E-state index contributed by atoms with van der Waals surface area (Å²) in [6, 6.07) is 20.4. The zero-order valence-electron chi connectivity index (χ0n) is 15.3. The Bertz CT molecular complexity index is 1080. The van der Waals surface area contributed by atoms with Gasteiger partial charge in [-0.25, -0.2) is 0 Å². The van der Waals surface area contributed by atoms with E-state index in [1.807, 2.05) is 0 Å². The van der Waals surface area contributed by atoms with Crippen LogP contribution in [0.1, 0.15) is 18.4 Å². The molecule has 0 bridgehead atoms. The Labute approximate surface area is 154 Å². The predicted octanol–water partition coefficient (Wildman–Crippen LogP) is 5.58. The van der Waals surface area contributed by atoms with Gasteiger partial charge in [0.15, 0.2) is 0 Å². The lowest BCUT2D eigenvalue weighted by molar-refractivity contribution is 0.292. The molecular weight excluding hydrogens is 316 g/mol. The lowest BCUT2D eigenvalue weighted by atomic mass is 9.90. The summed E-state index contributed by atoms with van der Waals surface area (Å²) in [6.07, 6.45) is 7.98. The van der Waals surface area contributed by atoms with Gasteiger partial charge in [-0.15, -0.1) is 0 Å². The first-order valence-corrected chi connectivity index (χ1v) is 9.58. The minimum absolute atomic E-state index is 1.03. The van der Waals surface area contributed by atoms with Crippen LogP contribution in [0.5, 0.6) is 0 Å². The molecule has 26 heavy (non-hydrogen) atoms. The zero-order chi connectivity index (χ0) is 17.5. The van der Waals surface area contributed by atoms with E-state index in [-0.39, 0.29) is 0 Å². The van der Waals surface area contributed by atoms with Crippen molar-refractivity contribution in [2.24, 2.45) is 0 Å². The molecule has 5 rings (SSSR count). The van der Waals surface area contributed by atoms with Crippen molar-refractivity contribution in [1.82, 2.24) is 9.80 Å². The fourth-order valence-corrected chi connectivity index (χ4v) is 4.38. The number of hydrogen-bond donors (Lipinski definition) is 0. The third kappa shape index (κ3) is 2.57. The molecule has 2 heteroatoms. The van der Waals surface area contributed by atoms with E-state index in [9.17, 15) is 0 Å². The highest BCUT2D eigenvalue weighted by atomic mass is 15.3. The number of rotatable bonds is 5. The average molecular weight is 340 g/mol. The molecule has 1 aliphatic rings. The van der Waals surface area contributed by atoms with Crippen LogP contribution in [0, 0.1) is 0 Å². The molecule has 4 aromatic rings. The van der Waals surface area contributed by atoms with Crippen molar-refractivity contribution in [2.75, 3.05) is 20.3 Å². The van der Waals surface area contributed by atoms with Gasteiger partial charge in [-0.2, -0.15) is 0 Å². The first kappa shape index (κ1) is 15.5. The third-order valence-corrected chi connectivity index (χ3v) is 5.70. The summed E-state index contributed by atoms with van der Waals surface area (Å²) in [4.78, 5) is 4.62. The molecular formula is C24H24N2. The summed E-state index contributed by atoms with van der Waals surface area (Å²) in [7, 11) is 2.13. The van der Waals surface area contributed by atoms with Crippen molar-refractivity contribution in [3.63, 3.8) is 0 Å². The predicted molar refractivity (Wildman–Crippen MR) is 112 cm³/mol. The number of nitrogens with zero attached hydrogens (tertiary/aromatic N) is 2. The maximum Gasteiger partial charge on any atom is 0.0890 e. The molecule has 4 aromatic carbocycles. The minimum Gasteiger partial charge on any atom is -0.362 e.